The van der Waals surface area contributed by atoms with Crippen molar-refractivity contribution >= 4 is 22.3 Å². The van der Waals surface area contributed by atoms with E-state index in [2.05, 4.69) is 10.9 Å². The molecule has 16 heavy (non-hydrogen) atoms. The minimum Gasteiger partial charge on any atom is -0.466 e. The molecular formula is C11H10N2O2S. The van der Waals surface area contributed by atoms with Crippen molar-refractivity contribution in [2.45, 2.75) is 13.3 Å². The van der Waals surface area contributed by atoms with Gasteiger partial charge in [0.1, 0.15) is 5.69 Å². The number of carbonyl (C=O) groups excluding carboxylic acids is 1. The number of hydrogen-bond donors (Lipinski definition) is 0. The van der Waals surface area contributed by atoms with Gasteiger partial charge in [-0.05, 0) is 12.8 Å². The van der Waals surface area contributed by atoms with Gasteiger partial charge in [0.05, 0.1) is 13.0 Å². The van der Waals surface area contributed by atoms with Gasteiger partial charge in [-0.2, -0.15) is 0 Å². The fourth-order valence-electron chi connectivity index (χ4n) is 1.39. The standard InChI is InChI=1S/C11H10N2O2S/c1-3-8-6-13-9(5-10(14)15-4-2)7-16-11(13)12-8/h1,6-7H,4-5H2,2H3. The highest BCUT2D eigenvalue weighted by molar-refractivity contribution is 7.15. The van der Waals surface area contributed by atoms with Crippen LogP contribution in [0.5, 0.6) is 0 Å². The molecule has 2 aromatic heterocycles. The molecule has 0 aliphatic carbocycles. The number of aromatic nitrogens is 2. The van der Waals surface area contributed by atoms with Crippen LogP contribution in [-0.2, 0) is 16.0 Å². The summed E-state index contributed by atoms with van der Waals surface area (Å²) in [5.74, 6) is 2.23. The molecule has 5 heteroatoms. The molecule has 82 valence electrons. The van der Waals surface area contributed by atoms with E-state index in [4.69, 9.17) is 11.2 Å². The first-order valence-electron chi connectivity index (χ1n) is 4.82. The van der Waals surface area contributed by atoms with E-state index in [9.17, 15) is 4.79 Å². The smallest absolute Gasteiger partial charge is 0.311 e. The maximum atomic E-state index is 11.3. The number of fused-ring (bicyclic) bond motifs is 1. The summed E-state index contributed by atoms with van der Waals surface area (Å²) in [6.07, 6.45) is 7.25. The molecular weight excluding hydrogens is 224 g/mol. The minimum absolute atomic E-state index is 0.238. The lowest BCUT2D eigenvalue weighted by molar-refractivity contribution is -0.142. The van der Waals surface area contributed by atoms with Gasteiger partial charge in [0.2, 0.25) is 0 Å². The number of hydrogen-bond acceptors (Lipinski definition) is 4. The van der Waals surface area contributed by atoms with E-state index in [0.29, 0.717) is 12.3 Å². The molecule has 0 N–H and O–H groups in total. The van der Waals surface area contributed by atoms with E-state index in [1.807, 2.05) is 9.78 Å². The minimum atomic E-state index is -0.238. The Bertz CT molecular complexity index is 562. The molecule has 0 bridgehead atoms. The van der Waals surface area contributed by atoms with Crippen LogP contribution in [0.1, 0.15) is 18.3 Å². The van der Waals surface area contributed by atoms with Crippen LogP contribution in [0.4, 0.5) is 0 Å². The fraction of sp³-hybridized carbons (Fsp3) is 0.273. The number of thiazole rings is 1. The van der Waals surface area contributed by atoms with Crippen LogP contribution in [0.15, 0.2) is 11.6 Å². The molecule has 0 unspecified atom stereocenters. The molecule has 0 aliphatic heterocycles. The number of carbonyl (C=O) groups is 1. The summed E-state index contributed by atoms with van der Waals surface area (Å²) in [5, 5.41) is 1.89. The summed E-state index contributed by atoms with van der Waals surface area (Å²) in [7, 11) is 0. The molecule has 2 heterocycles. The first kappa shape index (κ1) is 10.7. The third-order valence-corrected chi connectivity index (χ3v) is 2.95. The van der Waals surface area contributed by atoms with Crippen molar-refractivity contribution in [3.8, 4) is 12.3 Å². The maximum absolute atomic E-state index is 11.3. The van der Waals surface area contributed by atoms with Crippen molar-refractivity contribution in [2.24, 2.45) is 0 Å². The first-order chi connectivity index (χ1) is 7.74. The van der Waals surface area contributed by atoms with E-state index in [-0.39, 0.29) is 12.4 Å². The largest absolute Gasteiger partial charge is 0.466 e. The SMILES string of the molecule is C#Cc1cn2c(CC(=O)OCC)csc2n1. The van der Waals surface area contributed by atoms with E-state index < -0.39 is 0 Å². The number of esters is 1. The van der Waals surface area contributed by atoms with Gasteiger partial charge in [-0.15, -0.1) is 17.8 Å². The topological polar surface area (TPSA) is 43.6 Å². The van der Waals surface area contributed by atoms with Crippen molar-refractivity contribution in [3.05, 3.63) is 23.0 Å². The molecule has 0 atom stereocenters. The lowest BCUT2D eigenvalue weighted by Gasteiger charge is -1.99. The summed E-state index contributed by atoms with van der Waals surface area (Å²) in [6.45, 7) is 2.18. The van der Waals surface area contributed by atoms with Gasteiger partial charge in [0.25, 0.3) is 0 Å². The number of nitrogens with zero attached hydrogens (tertiary/aromatic N) is 2. The van der Waals surface area contributed by atoms with Gasteiger partial charge >= 0.3 is 5.97 Å². The Morgan fingerprint density at radius 2 is 2.56 bits per heavy atom. The zero-order valence-electron chi connectivity index (χ0n) is 8.77. The second-order valence-electron chi connectivity index (χ2n) is 3.13. The van der Waals surface area contributed by atoms with Crippen LogP contribution >= 0.6 is 11.3 Å². The van der Waals surface area contributed by atoms with Gasteiger partial charge in [-0.25, -0.2) is 4.98 Å². The van der Waals surface area contributed by atoms with Crippen molar-refractivity contribution in [1.29, 1.82) is 0 Å². The van der Waals surface area contributed by atoms with Crippen molar-refractivity contribution in [1.82, 2.24) is 9.38 Å². The fourth-order valence-corrected chi connectivity index (χ4v) is 2.26. The summed E-state index contributed by atoms with van der Waals surface area (Å²) >= 11 is 1.46. The average Bonchev–Trinajstić information content (AvgIpc) is 2.80. The Kier molecular flexibility index (Phi) is 2.93. The predicted octanol–water partition coefficient (Wildman–Crippen LogP) is 1.48. The number of terminal acetylenes is 1. The van der Waals surface area contributed by atoms with Gasteiger partial charge in [0.15, 0.2) is 4.96 Å². The van der Waals surface area contributed by atoms with Gasteiger partial charge in [0, 0.05) is 17.3 Å². The molecule has 0 fully saturated rings. The van der Waals surface area contributed by atoms with E-state index in [0.717, 1.165) is 10.7 Å². The lowest BCUT2D eigenvalue weighted by Crippen LogP contribution is -2.08. The molecule has 0 spiro atoms. The van der Waals surface area contributed by atoms with Gasteiger partial charge in [-0.1, -0.05) is 0 Å². The summed E-state index contributed by atoms with van der Waals surface area (Å²) < 4.78 is 6.72. The molecule has 0 radical (unpaired) electrons. The van der Waals surface area contributed by atoms with Crippen LogP contribution < -0.4 is 0 Å². The van der Waals surface area contributed by atoms with Crippen LogP contribution in [0.25, 0.3) is 4.96 Å². The monoisotopic (exact) mass is 234 g/mol. The molecule has 0 amide bonds. The van der Waals surface area contributed by atoms with Crippen molar-refractivity contribution in [3.63, 3.8) is 0 Å². The molecule has 2 aromatic rings. The number of rotatable bonds is 3. The molecule has 0 saturated heterocycles. The molecule has 0 saturated carbocycles. The Balaban J connectivity index is 2.27. The highest BCUT2D eigenvalue weighted by Gasteiger charge is 2.11. The molecule has 4 nitrogen and oxygen atoms in total. The zero-order chi connectivity index (χ0) is 11.5. The summed E-state index contributed by atoms with van der Waals surface area (Å²) in [5.41, 5.74) is 1.43. The normalized spacial score (nSPS) is 10.2. The van der Waals surface area contributed by atoms with Crippen LogP contribution in [-0.4, -0.2) is 22.0 Å². The van der Waals surface area contributed by atoms with Gasteiger partial charge in [-0.3, -0.25) is 9.20 Å². The molecule has 2 rings (SSSR count). The second kappa shape index (κ2) is 4.37. The number of ether oxygens (including phenoxy) is 1. The Labute approximate surface area is 96.9 Å². The predicted molar refractivity (Wildman–Crippen MR) is 61.3 cm³/mol. The van der Waals surface area contributed by atoms with Crippen LogP contribution in [0.3, 0.4) is 0 Å². The zero-order valence-corrected chi connectivity index (χ0v) is 9.58. The van der Waals surface area contributed by atoms with Crippen LogP contribution in [0, 0.1) is 12.3 Å². The first-order valence-corrected chi connectivity index (χ1v) is 5.70. The van der Waals surface area contributed by atoms with E-state index in [1.165, 1.54) is 11.3 Å². The van der Waals surface area contributed by atoms with E-state index in [1.54, 1.807) is 13.1 Å². The average molecular weight is 234 g/mol. The Hall–Kier alpha value is -1.80. The van der Waals surface area contributed by atoms with E-state index >= 15 is 0 Å². The highest BCUT2D eigenvalue weighted by Crippen LogP contribution is 2.17. The third kappa shape index (κ3) is 1.92. The Morgan fingerprint density at radius 3 is 3.25 bits per heavy atom. The summed E-state index contributed by atoms with van der Waals surface area (Å²) in [6, 6.07) is 0. The van der Waals surface area contributed by atoms with Crippen molar-refractivity contribution < 1.29 is 9.53 Å². The molecule has 0 aliphatic rings. The second-order valence-corrected chi connectivity index (χ2v) is 3.97. The van der Waals surface area contributed by atoms with Crippen molar-refractivity contribution in [2.75, 3.05) is 6.61 Å². The number of imidazole rings is 1. The van der Waals surface area contributed by atoms with Gasteiger partial charge < -0.3 is 4.74 Å². The maximum Gasteiger partial charge on any atom is 0.311 e. The third-order valence-electron chi connectivity index (χ3n) is 2.06. The van der Waals surface area contributed by atoms with Crippen LogP contribution in [0.2, 0.25) is 0 Å². The quantitative estimate of drug-likeness (QED) is 0.597. The molecule has 0 aromatic carbocycles. The Morgan fingerprint density at radius 1 is 1.75 bits per heavy atom. The lowest BCUT2D eigenvalue weighted by atomic mass is 10.3. The summed E-state index contributed by atoms with van der Waals surface area (Å²) in [4.78, 5) is 16.3. The highest BCUT2D eigenvalue weighted by atomic mass is 32.1.